The Balaban J connectivity index is 2.29. The molecule has 0 N–H and O–H groups in total. The zero-order valence-corrected chi connectivity index (χ0v) is 11.8. The van der Waals surface area contributed by atoms with Crippen LogP contribution in [0.1, 0.15) is 27.0 Å². The van der Waals surface area contributed by atoms with E-state index in [2.05, 4.69) is 6.07 Å². The van der Waals surface area contributed by atoms with Crippen molar-refractivity contribution in [2.45, 2.75) is 13.8 Å². The highest BCUT2D eigenvalue weighted by Gasteiger charge is 2.13. The van der Waals surface area contributed by atoms with E-state index in [1.165, 1.54) is 0 Å². The first-order valence-electron chi connectivity index (χ1n) is 6.38. The Hall–Kier alpha value is -2.60. The van der Waals surface area contributed by atoms with Crippen molar-refractivity contribution >= 4 is 11.6 Å². The Labute approximate surface area is 119 Å². The van der Waals surface area contributed by atoms with Gasteiger partial charge in [0.1, 0.15) is 0 Å². The minimum atomic E-state index is -0.0838. The number of hydrogen-bond donors (Lipinski definition) is 0. The predicted octanol–water partition coefficient (Wildman–Crippen LogP) is 3.45. The van der Waals surface area contributed by atoms with Crippen LogP contribution in [0.25, 0.3) is 0 Å². The van der Waals surface area contributed by atoms with Gasteiger partial charge in [-0.15, -0.1) is 0 Å². The van der Waals surface area contributed by atoms with Crippen molar-refractivity contribution in [1.82, 2.24) is 0 Å². The number of nitriles is 1. The summed E-state index contributed by atoms with van der Waals surface area (Å²) in [6.45, 7) is 4.02. The number of rotatable bonds is 2. The van der Waals surface area contributed by atoms with Gasteiger partial charge in [0.2, 0.25) is 0 Å². The number of carbonyl (C=O) groups excluding carboxylic acids is 1. The number of benzene rings is 2. The maximum atomic E-state index is 12.4. The lowest BCUT2D eigenvalue weighted by molar-refractivity contribution is 0.0993. The van der Waals surface area contributed by atoms with Gasteiger partial charge in [-0.05, 0) is 61.4 Å². The largest absolute Gasteiger partial charge is 0.311 e. The molecule has 0 unspecified atom stereocenters. The topological polar surface area (TPSA) is 44.1 Å². The van der Waals surface area contributed by atoms with Crippen LogP contribution in [0, 0.1) is 25.2 Å². The molecule has 0 fully saturated rings. The molecule has 0 aliphatic heterocycles. The van der Waals surface area contributed by atoms with Crippen LogP contribution in [0.4, 0.5) is 5.69 Å². The van der Waals surface area contributed by atoms with Gasteiger partial charge >= 0.3 is 0 Å². The number of amides is 1. The SMILES string of the molecule is Cc1cc(C)cc(N(C)C(=O)c2ccc(C#N)cc2)c1. The summed E-state index contributed by atoms with van der Waals surface area (Å²) in [7, 11) is 1.76. The van der Waals surface area contributed by atoms with Crippen molar-refractivity contribution in [3.05, 3.63) is 64.7 Å². The maximum absolute atomic E-state index is 12.4. The summed E-state index contributed by atoms with van der Waals surface area (Å²) in [4.78, 5) is 14.0. The lowest BCUT2D eigenvalue weighted by Crippen LogP contribution is -2.26. The van der Waals surface area contributed by atoms with E-state index >= 15 is 0 Å². The Morgan fingerprint density at radius 3 is 2.10 bits per heavy atom. The van der Waals surface area contributed by atoms with Gasteiger partial charge in [0.05, 0.1) is 11.6 Å². The van der Waals surface area contributed by atoms with Crippen LogP contribution < -0.4 is 4.90 Å². The van der Waals surface area contributed by atoms with Gasteiger partial charge in [0.15, 0.2) is 0 Å². The number of nitrogens with zero attached hydrogens (tertiary/aromatic N) is 2. The molecule has 0 saturated carbocycles. The van der Waals surface area contributed by atoms with E-state index in [9.17, 15) is 4.79 Å². The third-order valence-corrected chi connectivity index (χ3v) is 3.16. The average molecular weight is 264 g/mol. The molecule has 100 valence electrons. The van der Waals surface area contributed by atoms with E-state index in [0.29, 0.717) is 11.1 Å². The molecule has 0 spiro atoms. The van der Waals surface area contributed by atoms with Gasteiger partial charge in [0, 0.05) is 18.3 Å². The zero-order valence-electron chi connectivity index (χ0n) is 11.8. The molecule has 3 heteroatoms. The minimum absolute atomic E-state index is 0.0838. The van der Waals surface area contributed by atoms with Gasteiger partial charge in [-0.2, -0.15) is 5.26 Å². The first-order valence-corrected chi connectivity index (χ1v) is 6.38. The van der Waals surface area contributed by atoms with Crippen molar-refractivity contribution in [2.75, 3.05) is 11.9 Å². The second kappa shape index (κ2) is 5.58. The van der Waals surface area contributed by atoms with Crippen molar-refractivity contribution in [3.63, 3.8) is 0 Å². The summed E-state index contributed by atoms with van der Waals surface area (Å²) in [6.07, 6.45) is 0. The van der Waals surface area contributed by atoms with E-state index in [0.717, 1.165) is 16.8 Å². The minimum Gasteiger partial charge on any atom is -0.311 e. The fourth-order valence-corrected chi connectivity index (χ4v) is 2.14. The van der Waals surface area contributed by atoms with Crippen LogP contribution in [0.2, 0.25) is 0 Å². The summed E-state index contributed by atoms with van der Waals surface area (Å²) in [6, 6.07) is 14.8. The smallest absolute Gasteiger partial charge is 0.258 e. The number of aryl methyl sites for hydroxylation is 2. The maximum Gasteiger partial charge on any atom is 0.258 e. The highest BCUT2D eigenvalue weighted by molar-refractivity contribution is 6.05. The van der Waals surface area contributed by atoms with Crippen LogP contribution in [0.5, 0.6) is 0 Å². The van der Waals surface area contributed by atoms with Crippen molar-refractivity contribution in [3.8, 4) is 6.07 Å². The lowest BCUT2D eigenvalue weighted by atomic mass is 10.1. The molecule has 0 aromatic heterocycles. The van der Waals surface area contributed by atoms with Gasteiger partial charge < -0.3 is 4.90 Å². The molecule has 0 radical (unpaired) electrons. The predicted molar refractivity (Wildman–Crippen MR) is 79.8 cm³/mol. The van der Waals surface area contributed by atoms with E-state index in [1.807, 2.05) is 32.0 Å². The summed E-state index contributed by atoms with van der Waals surface area (Å²) >= 11 is 0. The summed E-state index contributed by atoms with van der Waals surface area (Å²) in [5.74, 6) is -0.0838. The third kappa shape index (κ3) is 2.86. The van der Waals surface area contributed by atoms with Crippen LogP contribution >= 0.6 is 0 Å². The standard InChI is InChI=1S/C17H16N2O/c1-12-8-13(2)10-16(9-12)19(3)17(20)15-6-4-14(11-18)5-7-15/h4-10H,1-3H3. The normalized spacial score (nSPS) is 9.90. The number of anilines is 1. The highest BCUT2D eigenvalue weighted by Crippen LogP contribution is 2.19. The molecular weight excluding hydrogens is 248 g/mol. The molecule has 3 nitrogen and oxygen atoms in total. The van der Waals surface area contributed by atoms with Gasteiger partial charge in [-0.25, -0.2) is 0 Å². The average Bonchev–Trinajstić information content (AvgIpc) is 2.45. The Morgan fingerprint density at radius 1 is 1.05 bits per heavy atom. The van der Waals surface area contributed by atoms with E-state index in [4.69, 9.17) is 5.26 Å². The molecule has 0 saturated heterocycles. The van der Waals surface area contributed by atoms with Crippen LogP contribution in [0.3, 0.4) is 0 Å². The van der Waals surface area contributed by atoms with Gasteiger partial charge in [-0.1, -0.05) is 6.07 Å². The molecular formula is C17H16N2O. The van der Waals surface area contributed by atoms with Crippen molar-refractivity contribution < 1.29 is 4.79 Å². The first kappa shape index (κ1) is 13.8. The molecule has 1 amide bonds. The van der Waals surface area contributed by atoms with Crippen LogP contribution in [-0.2, 0) is 0 Å². The van der Waals surface area contributed by atoms with Crippen molar-refractivity contribution in [1.29, 1.82) is 5.26 Å². The number of hydrogen-bond acceptors (Lipinski definition) is 2. The third-order valence-electron chi connectivity index (χ3n) is 3.16. The Kier molecular flexibility index (Phi) is 3.86. The molecule has 2 aromatic carbocycles. The van der Waals surface area contributed by atoms with E-state index < -0.39 is 0 Å². The Morgan fingerprint density at radius 2 is 1.60 bits per heavy atom. The van der Waals surface area contributed by atoms with E-state index in [1.54, 1.807) is 36.2 Å². The molecule has 0 aliphatic carbocycles. The molecule has 0 aliphatic rings. The quantitative estimate of drug-likeness (QED) is 0.833. The fraction of sp³-hybridized carbons (Fsp3) is 0.176. The van der Waals surface area contributed by atoms with Gasteiger partial charge in [-0.3, -0.25) is 4.79 Å². The monoisotopic (exact) mass is 264 g/mol. The summed E-state index contributed by atoms with van der Waals surface area (Å²) in [5.41, 5.74) is 4.25. The fourth-order valence-electron chi connectivity index (χ4n) is 2.14. The summed E-state index contributed by atoms with van der Waals surface area (Å²) < 4.78 is 0. The molecule has 0 bridgehead atoms. The second-order valence-electron chi connectivity index (χ2n) is 4.90. The van der Waals surface area contributed by atoms with Crippen LogP contribution in [-0.4, -0.2) is 13.0 Å². The summed E-state index contributed by atoms with van der Waals surface area (Å²) in [5, 5.41) is 8.77. The first-order chi connectivity index (χ1) is 9.51. The van der Waals surface area contributed by atoms with Gasteiger partial charge in [0.25, 0.3) is 5.91 Å². The lowest BCUT2D eigenvalue weighted by Gasteiger charge is -2.18. The molecule has 2 rings (SSSR count). The zero-order chi connectivity index (χ0) is 14.7. The molecule has 20 heavy (non-hydrogen) atoms. The number of carbonyl (C=O) groups is 1. The molecule has 0 heterocycles. The molecule has 2 aromatic rings. The molecule has 0 atom stereocenters. The van der Waals surface area contributed by atoms with Crippen LogP contribution in [0.15, 0.2) is 42.5 Å². The second-order valence-corrected chi connectivity index (χ2v) is 4.90. The van der Waals surface area contributed by atoms with Crippen molar-refractivity contribution in [2.24, 2.45) is 0 Å². The highest BCUT2D eigenvalue weighted by atomic mass is 16.2. The van der Waals surface area contributed by atoms with E-state index in [-0.39, 0.29) is 5.91 Å². The Bertz CT molecular complexity index is 661.